The van der Waals surface area contributed by atoms with E-state index in [0.717, 1.165) is 11.1 Å². The summed E-state index contributed by atoms with van der Waals surface area (Å²) in [6, 6.07) is 24.9. The number of carbonyl (C=O) groups excluding carboxylic acids is 1. The van der Waals surface area contributed by atoms with Gasteiger partial charge in [0.2, 0.25) is 0 Å². The first-order valence-electron chi connectivity index (χ1n) is 8.90. The first-order chi connectivity index (χ1) is 13.8. The molecule has 1 atom stereocenters. The Bertz CT molecular complexity index is 994. The van der Waals surface area contributed by atoms with Gasteiger partial charge in [0.15, 0.2) is 11.8 Å². The van der Waals surface area contributed by atoms with Crippen LogP contribution in [0.3, 0.4) is 0 Å². The molecule has 0 bridgehead atoms. The highest BCUT2D eigenvalue weighted by Crippen LogP contribution is 2.25. The highest BCUT2D eigenvalue weighted by atomic mass is 16.5. The minimum absolute atomic E-state index is 0.160. The zero-order chi connectivity index (χ0) is 19.2. The monoisotopic (exact) mass is 370 g/mol. The van der Waals surface area contributed by atoms with E-state index in [1.165, 1.54) is 0 Å². The molecule has 6 nitrogen and oxygen atoms in total. The smallest absolute Gasteiger partial charge is 0.361 e. The van der Waals surface area contributed by atoms with E-state index in [4.69, 9.17) is 4.74 Å². The third-order valence-electron chi connectivity index (χ3n) is 4.22. The molecule has 0 aliphatic carbocycles. The second-order valence-electron chi connectivity index (χ2n) is 6.24. The lowest BCUT2D eigenvalue weighted by atomic mass is 10.1. The average molecular weight is 370 g/mol. The minimum Gasteiger partial charge on any atom is -0.446 e. The van der Waals surface area contributed by atoms with E-state index in [-0.39, 0.29) is 5.69 Å². The van der Waals surface area contributed by atoms with Crippen LogP contribution < -0.4 is 0 Å². The van der Waals surface area contributed by atoms with Crippen molar-refractivity contribution >= 4 is 5.97 Å². The van der Waals surface area contributed by atoms with Crippen LogP contribution in [-0.4, -0.2) is 25.9 Å². The molecule has 0 spiro atoms. The van der Waals surface area contributed by atoms with Crippen molar-refractivity contribution < 1.29 is 9.53 Å². The maximum atomic E-state index is 12.7. The number of carbonyl (C=O) groups is 1. The number of ether oxygens (including phenoxy) is 1. The standard InChI is InChI=1S/C22H18N4O2/c27-22(20-16-26(25-24-20)15-17-9-3-1-4-10-17)28-21(18-11-5-2-6-12-18)19-13-7-8-14-23-19/h1-14,16,21H,15H2. The number of aromatic nitrogens is 4. The van der Waals surface area contributed by atoms with Crippen LogP contribution in [0.25, 0.3) is 0 Å². The van der Waals surface area contributed by atoms with Crippen LogP contribution in [0.2, 0.25) is 0 Å². The number of pyridine rings is 1. The van der Waals surface area contributed by atoms with Crippen LogP contribution in [0.1, 0.15) is 33.4 Å². The Hall–Kier alpha value is -3.80. The molecule has 0 amide bonds. The fourth-order valence-electron chi connectivity index (χ4n) is 2.87. The van der Waals surface area contributed by atoms with Gasteiger partial charge in [0.1, 0.15) is 0 Å². The maximum Gasteiger partial charge on any atom is 0.361 e. The normalized spacial score (nSPS) is 11.7. The van der Waals surface area contributed by atoms with Gasteiger partial charge in [-0.3, -0.25) is 4.98 Å². The molecule has 1 unspecified atom stereocenters. The molecule has 0 fully saturated rings. The Morgan fingerprint density at radius 3 is 2.36 bits per heavy atom. The van der Waals surface area contributed by atoms with Crippen LogP contribution >= 0.6 is 0 Å². The summed E-state index contributed by atoms with van der Waals surface area (Å²) in [5, 5.41) is 8.01. The first kappa shape index (κ1) is 17.6. The zero-order valence-corrected chi connectivity index (χ0v) is 15.1. The predicted molar refractivity (Wildman–Crippen MR) is 104 cm³/mol. The van der Waals surface area contributed by atoms with Crippen LogP contribution in [0.15, 0.2) is 91.3 Å². The summed E-state index contributed by atoms with van der Waals surface area (Å²) in [6.07, 6.45) is 2.65. The Balaban J connectivity index is 1.54. The molecule has 0 aliphatic rings. The number of benzene rings is 2. The van der Waals surface area contributed by atoms with Gasteiger partial charge in [0.25, 0.3) is 0 Å². The van der Waals surface area contributed by atoms with Gasteiger partial charge in [-0.1, -0.05) is 71.9 Å². The maximum absolute atomic E-state index is 12.7. The molecule has 4 rings (SSSR count). The Labute approximate surface area is 162 Å². The van der Waals surface area contributed by atoms with Gasteiger partial charge in [-0.25, -0.2) is 9.48 Å². The Morgan fingerprint density at radius 2 is 1.64 bits per heavy atom. The highest BCUT2D eigenvalue weighted by Gasteiger charge is 2.23. The minimum atomic E-state index is -0.617. The molecule has 0 saturated heterocycles. The topological polar surface area (TPSA) is 69.9 Å². The molecule has 2 aromatic heterocycles. The van der Waals surface area contributed by atoms with Crippen molar-refractivity contribution in [2.24, 2.45) is 0 Å². The van der Waals surface area contributed by atoms with Gasteiger partial charge in [-0.2, -0.15) is 0 Å². The number of esters is 1. The Morgan fingerprint density at radius 1 is 0.929 bits per heavy atom. The van der Waals surface area contributed by atoms with E-state index in [0.29, 0.717) is 12.2 Å². The fraction of sp³-hybridized carbons (Fsp3) is 0.0909. The van der Waals surface area contributed by atoms with Crippen LogP contribution in [-0.2, 0) is 11.3 Å². The molecule has 28 heavy (non-hydrogen) atoms. The fourth-order valence-corrected chi connectivity index (χ4v) is 2.87. The average Bonchev–Trinajstić information content (AvgIpc) is 3.22. The molecular formula is C22H18N4O2. The summed E-state index contributed by atoms with van der Waals surface area (Å²) in [5.41, 5.74) is 2.72. The number of nitrogens with zero attached hydrogens (tertiary/aromatic N) is 4. The second-order valence-corrected chi connectivity index (χ2v) is 6.24. The van der Waals surface area contributed by atoms with Crippen molar-refractivity contribution in [3.63, 3.8) is 0 Å². The first-order valence-corrected chi connectivity index (χ1v) is 8.90. The molecule has 6 heteroatoms. The molecule has 4 aromatic rings. The van der Waals surface area contributed by atoms with E-state index in [1.54, 1.807) is 17.1 Å². The van der Waals surface area contributed by atoms with Gasteiger partial charge >= 0.3 is 5.97 Å². The lowest BCUT2D eigenvalue weighted by Gasteiger charge is -2.17. The van der Waals surface area contributed by atoms with Crippen molar-refractivity contribution in [3.05, 3.63) is 114 Å². The van der Waals surface area contributed by atoms with Crippen LogP contribution in [0.5, 0.6) is 0 Å². The molecule has 2 heterocycles. The number of rotatable bonds is 6. The van der Waals surface area contributed by atoms with Crippen LogP contribution in [0, 0.1) is 0 Å². The summed E-state index contributed by atoms with van der Waals surface area (Å²) in [7, 11) is 0. The predicted octanol–water partition coefficient (Wildman–Crippen LogP) is 3.67. The Kier molecular flexibility index (Phi) is 5.20. The zero-order valence-electron chi connectivity index (χ0n) is 15.1. The second kappa shape index (κ2) is 8.26. The van der Waals surface area contributed by atoms with Crippen LogP contribution in [0.4, 0.5) is 0 Å². The van der Waals surface area contributed by atoms with Crippen molar-refractivity contribution in [2.45, 2.75) is 12.6 Å². The lowest BCUT2D eigenvalue weighted by molar-refractivity contribution is 0.0363. The summed E-state index contributed by atoms with van der Waals surface area (Å²) >= 11 is 0. The molecule has 0 saturated carbocycles. The van der Waals surface area contributed by atoms with E-state index >= 15 is 0 Å². The molecule has 138 valence electrons. The van der Waals surface area contributed by atoms with E-state index in [9.17, 15) is 4.79 Å². The van der Waals surface area contributed by atoms with Gasteiger partial charge in [-0.15, -0.1) is 5.10 Å². The highest BCUT2D eigenvalue weighted by molar-refractivity contribution is 5.87. The van der Waals surface area contributed by atoms with Gasteiger partial charge in [0, 0.05) is 6.20 Å². The molecule has 0 radical (unpaired) electrons. The summed E-state index contributed by atoms with van der Waals surface area (Å²) in [6.45, 7) is 0.531. The van der Waals surface area contributed by atoms with Gasteiger partial charge in [0.05, 0.1) is 18.4 Å². The van der Waals surface area contributed by atoms with Crippen molar-refractivity contribution in [1.82, 2.24) is 20.0 Å². The number of hydrogen-bond donors (Lipinski definition) is 0. The lowest BCUT2D eigenvalue weighted by Crippen LogP contribution is -2.14. The van der Waals surface area contributed by atoms with E-state index in [1.807, 2.05) is 78.9 Å². The van der Waals surface area contributed by atoms with Crippen molar-refractivity contribution in [1.29, 1.82) is 0 Å². The molecule has 0 N–H and O–H groups in total. The van der Waals surface area contributed by atoms with Gasteiger partial charge in [-0.05, 0) is 23.3 Å². The molecule has 0 aliphatic heterocycles. The van der Waals surface area contributed by atoms with Crippen molar-refractivity contribution in [2.75, 3.05) is 0 Å². The molecule has 2 aromatic carbocycles. The molecular weight excluding hydrogens is 352 g/mol. The van der Waals surface area contributed by atoms with Gasteiger partial charge < -0.3 is 4.74 Å². The van der Waals surface area contributed by atoms with E-state index < -0.39 is 12.1 Å². The summed E-state index contributed by atoms with van der Waals surface area (Å²) in [5.74, 6) is -0.543. The summed E-state index contributed by atoms with van der Waals surface area (Å²) < 4.78 is 7.37. The number of hydrogen-bond acceptors (Lipinski definition) is 5. The third-order valence-corrected chi connectivity index (χ3v) is 4.22. The summed E-state index contributed by atoms with van der Waals surface area (Å²) in [4.78, 5) is 17.0. The van der Waals surface area contributed by atoms with E-state index in [2.05, 4.69) is 15.3 Å². The van der Waals surface area contributed by atoms with Crippen molar-refractivity contribution in [3.8, 4) is 0 Å². The third kappa shape index (κ3) is 4.12. The quantitative estimate of drug-likeness (QED) is 0.484. The SMILES string of the molecule is O=C(OC(c1ccccc1)c1ccccn1)c1cn(Cc2ccccc2)nn1. The largest absolute Gasteiger partial charge is 0.446 e.